The number of H-pyrrole nitrogens is 1. The number of fused-ring (bicyclic) bond motifs is 1. The number of nitrogens with zero attached hydrogens (tertiary/aromatic N) is 3. The van der Waals surface area contributed by atoms with Crippen LogP contribution in [0.1, 0.15) is 18.4 Å². The molecule has 0 bridgehead atoms. The highest BCUT2D eigenvalue weighted by molar-refractivity contribution is 5.27. The van der Waals surface area contributed by atoms with E-state index >= 15 is 0 Å². The molecule has 13 heavy (non-hydrogen) atoms. The first-order valence-electron chi connectivity index (χ1n) is 4.16. The molecule has 0 fully saturated rings. The van der Waals surface area contributed by atoms with Crippen molar-refractivity contribution in [3.63, 3.8) is 0 Å². The molecule has 0 aliphatic heterocycles. The summed E-state index contributed by atoms with van der Waals surface area (Å²) in [4.78, 5) is 19.7. The van der Waals surface area contributed by atoms with Crippen LogP contribution in [0.15, 0.2) is 10.9 Å². The van der Waals surface area contributed by atoms with Gasteiger partial charge < -0.3 is 0 Å². The average Bonchev–Trinajstić information content (AvgIpc) is 2.46. The van der Waals surface area contributed by atoms with Crippen molar-refractivity contribution in [3.05, 3.63) is 27.9 Å². The highest BCUT2D eigenvalue weighted by Gasteiger charge is 2.03. The van der Waals surface area contributed by atoms with Crippen LogP contribution in [-0.4, -0.2) is 19.6 Å². The van der Waals surface area contributed by atoms with Crippen molar-refractivity contribution in [2.24, 2.45) is 0 Å². The highest BCUT2D eigenvalue weighted by Crippen LogP contribution is 1.96. The molecule has 0 radical (unpaired) electrons. The van der Waals surface area contributed by atoms with Crippen LogP contribution in [0.5, 0.6) is 0 Å². The van der Waals surface area contributed by atoms with Crippen molar-refractivity contribution in [2.75, 3.05) is 0 Å². The average molecular weight is 178 g/mol. The van der Waals surface area contributed by atoms with Crippen LogP contribution in [0.25, 0.3) is 5.78 Å². The molecule has 0 atom stereocenters. The second kappa shape index (κ2) is 2.69. The van der Waals surface area contributed by atoms with E-state index in [2.05, 4.69) is 15.1 Å². The van der Waals surface area contributed by atoms with Gasteiger partial charge in [0.1, 0.15) is 5.82 Å². The Labute approximate surface area is 74.4 Å². The standard InChI is InChI=1S/C8H10N4O/c1-3-6-4-7(13)12-8(10-6)9-5(2)11-12/h4H,3H2,1-2H3,(H,9,10,11). The summed E-state index contributed by atoms with van der Waals surface area (Å²) in [5, 5.41) is 2.81. The van der Waals surface area contributed by atoms with E-state index in [1.807, 2.05) is 6.92 Å². The zero-order valence-corrected chi connectivity index (χ0v) is 7.53. The Hall–Kier alpha value is -1.65. The second-order valence-corrected chi connectivity index (χ2v) is 2.88. The molecule has 2 aromatic heterocycles. The first kappa shape index (κ1) is 7.97. The van der Waals surface area contributed by atoms with Gasteiger partial charge in [0.15, 0.2) is 0 Å². The molecule has 0 amide bonds. The molecule has 0 spiro atoms. The summed E-state index contributed by atoms with van der Waals surface area (Å²) >= 11 is 0. The fraction of sp³-hybridized carbons (Fsp3) is 0.375. The Balaban J connectivity index is 2.83. The van der Waals surface area contributed by atoms with Crippen LogP contribution in [0.2, 0.25) is 0 Å². The summed E-state index contributed by atoms with van der Waals surface area (Å²) in [5.74, 6) is 1.14. The molecule has 0 aliphatic rings. The molecule has 5 heteroatoms. The second-order valence-electron chi connectivity index (χ2n) is 2.88. The van der Waals surface area contributed by atoms with E-state index in [4.69, 9.17) is 0 Å². The molecular formula is C8H10N4O. The number of rotatable bonds is 1. The van der Waals surface area contributed by atoms with Crippen molar-refractivity contribution in [3.8, 4) is 0 Å². The Morgan fingerprint density at radius 1 is 1.54 bits per heavy atom. The molecule has 0 aliphatic carbocycles. The minimum absolute atomic E-state index is 0.109. The summed E-state index contributed by atoms with van der Waals surface area (Å²) in [7, 11) is 0. The number of aryl methyl sites for hydroxylation is 2. The van der Waals surface area contributed by atoms with Gasteiger partial charge in [0, 0.05) is 11.8 Å². The predicted molar refractivity (Wildman–Crippen MR) is 47.7 cm³/mol. The summed E-state index contributed by atoms with van der Waals surface area (Å²) in [6.45, 7) is 3.75. The molecule has 0 aromatic carbocycles. The number of aromatic nitrogens is 4. The van der Waals surface area contributed by atoms with E-state index in [-0.39, 0.29) is 5.56 Å². The molecule has 2 heterocycles. The predicted octanol–water partition coefficient (Wildman–Crippen LogP) is 0.288. The first-order chi connectivity index (χ1) is 6.20. The van der Waals surface area contributed by atoms with Gasteiger partial charge in [-0.15, -0.1) is 0 Å². The van der Waals surface area contributed by atoms with E-state index < -0.39 is 0 Å². The topological polar surface area (TPSA) is 63.0 Å². The Morgan fingerprint density at radius 3 is 3.00 bits per heavy atom. The van der Waals surface area contributed by atoms with Gasteiger partial charge in [-0.1, -0.05) is 6.92 Å². The van der Waals surface area contributed by atoms with Crippen LogP contribution in [-0.2, 0) is 6.42 Å². The lowest BCUT2D eigenvalue weighted by Gasteiger charge is -1.93. The Morgan fingerprint density at radius 2 is 2.31 bits per heavy atom. The third kappa shape index (κ3) is 1.22. The molecule has 0 saturated heterocycles. The number of hydrogen-bond donors (Lipinski definition) is 1. The maximum absolute atomic E-state index is 11.4. The monoisotopic (exact) mass is 178 g/mol. The zero-order valence-electron chi connectivity index (χ0n) is 7.53. The summed E-state index contributed by atoms with van der Waals surface area (Å²) in [6, 6.07) is 1.52. The zero-order chi connectivity index (χ0) is 9.42. The van der Waals surface area contributed by atoms with Crippen molar-refractivity contribution < 1.29 is 0 Å². The van der Waals surface area contributed by atoms with Gasteiger partial charge in [0.05, 0.1) is 0 Å². The molecule has 5 nitrogen and oxygen atoms in total. The summed E-state index contributed by atoms with van der Waals surface area (Å²) < 4.78 is 1.34. The third-order valence-corrected chi connectivity index (χ3v) is 1.86. The van der Waals surface area contributed by atoms with Crippen LogP contribution >= 0.6 is 0 Å². The van der Waals surface area contributed by atoms with Crippen molar-refractivity contribution in [1.29, 1.82) is 0 Å². The molecule has 2 rings (SSSR count). The summed E-state index contributed by atoms with van der Waals surface area (Å²) in [5.41, 5.74) is 0.666. The Kier molecular flexibility index (Phi) is 1.65. The van der Waals surface area contributed by atoms with Gasteiger partial charge in [-0.05, 0) is 13.3 Å². The van der Waals surface area contributed by atoms with Crippen LogP contribution in [0.3, 0.4) is 0 Å². The van der Waals surface area contributed by atoms with E-state index in [9.17, 15) is 4.79 Å². The van der Waals surface area contributed by atoms with Gasteiger partial charge >= 0.3 is 0 Å². The summed E-state index contributed by atoms with van der Waals surface area (Å²) in [6.07, 6.45) is 0.748. The van der Waals surface area contributed by atoms with Crippen molar-refractivity contribution in [2.45, 2.75) is 20.3 Å². The fourth-order valence-corrected chi connectivity index (χ4v) is 1.21. The van der Waals surface area contributed by atoms with Crippen LogP contribution in [0.4, 0.5) is 0 Å². The SMILES string of the molecule is CCc1cc(=O)n2[nH]c(C)nc2n1. The van der Waals surface area contributed by atoms with Gasteiger partial charge in [-0.2, -0.15) is 9.50 Å². The van der Waals surface area contributed by atoms with Crippen LogP contribution < -0.4 is 5.56 Å². The molecule has 0 saturated carbocycles. The van der Waals surface area contributed by atoms with Gasteiger partial charge in [-0.3, -0.25) is 9.89 Å². The minimum Gasteiger partial charge on any atom is -0.275 e. The number of hydrogen-bond acceptors (Lipinski definition) is 3. The Bertz CT molecular complexity index is 496. The quantitative estimate of drug-likeness (QED) is 0.682. The molecule has 1 N–H and O–H groups in total. The maximum atomic E-state index is 11.4. The largest absolute Gasteiger partial charge is 0.275 e. The van der Waals surface area contributed by atoms with Crippen molar-refractivity contribution in [1.82, 2.24) is 19.6 Å². The minimum atomic E-state index is -0.109. The number of aromatic amines is 1. The smallest absolute Gasteiger partial charge is 0.274 e. The van der Waals surface area contributed by atoms with E-state index in [0.29, 0.717) is 11.6 Å². The lowest BCUT2D eigenvalue weighted by atomic mass is 10.3. The lowest BCUT2D eigenvalue weighted by molar-refractivity contribution is 0.862. The van der Waals surface area contributed by atoms with E-state index in [1.165, 1.54) is 10.6 Å². The van der Waals surface area contributed by atoms with Gasteiger partial charge in [-0.25, -0.2) is 4.98 Å². The highest BCUT2D eigenvalue weighted by atomic mass is 16.1. The van der Waals surface area contributed by atoms with Gasteiger partial charge in [0.25, 0.3) is 11.3 Å². The maximum Gasteiger partial charge on any atom is 0.274 e. The normalized spacial score (nSPS) is 10.9. The van der Waals surface area contributed by atoms with E-state index in [0.717, 1.165) is 12.1 Å². The lowest BCUT2D eigenvalue weighted by Crippen LogP contribution is -2.15. The van der Waals surface area contributed by atoms with Gasteiger partial charge in [0.2, 0.25) is 0 Å². The molecule has 68 valence electrons. The third-order valence-electron chi connectivity index (χ3n) is 1.86. The molecular weight excluding hydrogens is 168 g/mol. The number of nitrogens with one attached hydrogen (secondary N) is 1. The van der Waals surface area contributed by atoms with Crippen LogP contribution in [0, 0.1) is 6.92 Å². The molecule has 2 aromatic rings. The first-order valence-corrected chi connectivity index (χ1v) is 4.16. The van der Waals surface area contributed by atoms with Crippen molar-refractivity contribution >= 4 is 5.78 Å². The fourth-order valence-electron chi connectivity index (χ4n) is 1.21. The molecule has 0 unspecified atom stereocenters. The van der Waals surface area contributed by atoms with E-state index in [1.54, 1.807) is 6.92 Å².